The van der Waals surface area contributed by atoms with Crippen LogP contribution in [0.2, 0.25) is 0 Å². The van der Waals surface area contributed by atoms with Crippen molar-refractivity contribution in [1.82, 2.24) is 4.98 Å². The van der Waals surface area contributed by atoms with Crippen molar-refractivity contribution in [2.75, 3.05) is 12.0 Å². The second-order valence-electron chi connectivity index (χ2n) is 2.46. The maximum atomic E-state index is 5.61. The van der Waals surface area contributed by atoms with Gasteiger partial charge in [-0.2, -0.15) is 12.6 Å². The van der Waals surface area contributed by atoms with Crippen molar-refractivity contribution >= 4 is 39.9 Å². The van der Waals surface area contributed by atoms with E-state index in [9.17, 15) is 0 Å². The Balaban J connectivity index is -0.000000321. The van der Waals surface area contributed by atoms with Gasteiger partial charge in [0.05, 0.1) is 15.2 Å². The first-order valence-electron chi connectivity index (χ1n) is 3.83. The zero-order valence-corrected chi connectivity index (χ0v) is 10.3. The first-order valence-corrected chi connectivity index (χ1v) is 5.54. The lowest BCUT2D eigenvalue weighted by molar-refractivity contribution is 0.823. The minimum absolute atomic E-state index is 0. The van der Waals surface area contributed by atoms with Crippen LogP contribution in [0.1, 0.15) is 6.43 Å². The number of benzene rings is 1. The number of hydrogen-bond acceptors (Lipinski definition) is 4. The van der Waals surface area contributed by atoms with Crippen LogP contribution >= 0.6 is 24.0 Å². The average molecular weight is 250 g/mol. The van der Waals surface area contributed by atoms with Gasteiger partial charge in [-0.25, -0.2) is 4.98 Å². The maximum Gasteiger partial charge on any atom is 0.0907 e. The second kappa shape index (κ2) is 7.47. The Labute approximate surface area is 99.7 Å². The van der Waals surface area contributed by atoms with Crippen molar-refractivity contribution in [1.29, 1.82) is 0 Å². The second-order valence-corrected chi connectivity index (χ2v) is 3.69. The van der Waals surface area contributed by atoms with E-state index in [0.29, 0.717) is 0 Å². The van der Waals surface area contributed by atoms with Gasteiger partial charge in [-0.3, -0.25) is 0 Å². The molecule has 0 saturated heterocycles. The van der Waals surface area contributed by atoms with Crippen LogP contribution in [-0.4, -0.2) is 22.2 Å². The zero-order chi connectivity index (χ0) is 9.84. The molecule has 6 N–H and O–H groups in total. The van der Waals surface area contributed by atoms with Crippen molar-refractivity contribution in [3.63, 3.8) is 0 Å². The molecule has 0 radical (unpaired) electrons. The SMILES string of the molecule is CS.Cc1nc2ccc(N)cc2s1.O.O.[HH]. The van der Waals surface area contributed by atoms with E-state index in [4.69, 9.17) is 5.73 Å². The van der Waals surface area contributed by atoms with Gasteiger partial charge in [-0.15, -0.1) is 11.3 Å². The van der Waals surface area contributed by atoms with Crippen LogP contribution in [-0.2, 0) is 0 Å². The van der Waals surface area contributed by atoms with Crippen LogP contribution in [0.25, 0.3) is 10.2 Å². The summed E-state index contributed by atoms with van der Waals surface area (Å²) in [6.45, 7) is 2.00. The van der Waals surface area contributed by atoms with E-state index in [1.165, 1.54) is 4.70 Å². The molecule has 2 aromatic rings. The molecule has 0 atom stereocenters. The molecule has 1 aromatic carbocycles. The molecule has 0 spiro atoms. The highest BCUT2D eigenvalue weighted by Crippen LogP contribution is 2.22. The third-order valence-electron chi connectivity index (χ3n) is 1.52. The number of fused-ring (bicyclic) bond motifs is 1. The van der Waals surface area contributed by atoms with Crippen molar-refractivity contribution in [3.05, 3.63) is 23.2 Å². The molecule has 6 heteroatoms. The van der Waals surface area contributed by atoms with E-state index >= 15 is 0 Å². The summed E-state index contributed by atoms with van der Waals surface area (Å²) in [5.41, 5.74) is 7.46. The van der Waals surface area contributed by atoms with Crippen molar-refractivity contribution in [2.24, 2.45) is 0 Å². The number of thiazole rings is 1. The highest BCUT2D eigenvalue weighted by Gasteiger charge is 1.98. The van der Waals surface area contributed by atoms with Gasteiger partial charge >= 0.3 is 0 Å². The third-order valence-corrected chi connectivity index (χ3v) is 2.45. The van der Waals surface area contributed by atoms with E-state index in [2.05, 4.69) is 17.6 Å². The minimum Gasteiger partial charge on any atom is -0.412 e. The highest BCUT2D eigenvalue weighted by atomic mass is 32.1. The van der Waals surface area contributed by atoms with Gasteiger partial charge in [0.25, 0.3) is 0 Å². The van der Waals surface area contributed by atoms with Crippen LogP contribution in [0, 0.1) is 6.92 Å². The van der Waals surface area contributed by atoms with Gasteiger partial charge < -0.3 is 16.7 Å². The molecule has 0 aliphatic heterocycles. The first kappa shape index (κ1) is 16.6. The van der Waals surface area contributed by atoms with Crippen LogP contribution in [0.4, 0.5) is 5.69 Å². The molecule has 0 bridgehead atoms. The fourth-order valence-corrected chi connectivity index (χ4v) is 1.93. The normalized spacial score (nSPS) is 8.20. The summed E-state index contributed by atoms with van der Waals surface area (Å²) in [5, 5.41) is 1.09. The number of thiol groups is 1. The monoisotopic (exact) mass is 250 g/mol. The zero-order valence-electron chi connectivity index (χ0n) is 8.61. The molecule has 88 valence electrons. The lowest BCUT2D eigenvalue weighted by Gasteiger charge is -1.89. The summed E-state index contributed by atoms with van der Waals surface area (Å²) in [7, 11) is 0. The molecule has 0 saturated carbocycles. The lowest BCUT2D eigenvalue weighted by atomic mass is 10.3. The third kappa shape index (κ3) is 4.05. The lowest BCUT2D eigenvalue weighted by Crippen LogP contribution is -1.81. The van der Waals surface area contributed by atoms with E-state index in [1.54, 1.807) is 17.6 Å². The quantitative estimate of drug-likeness (QED) is 0.544. The van der Waals surface area contributed by atoms with Crippen molar-refractivity contribution < 1.29 is 12.4 Å². The van der Waals surface area contributed by atoms with Crippen LogP contribution < -0.4 is 5.73 Å². The number of nitrogens with two attached hydrogens (primary N) is 1. The molecule has 0 fully saturated rings. The molecule has 15 heavy (non-hydrogen) atoms. The van der Waals surface area contributed by atoms with E-state index in [1.807, 2.05) is 25.1 Å². The largest absolute Gasteiger partial charge is 0.412 e. The Morgan fingerprint density at radius 1 is 1.33 bits per heavy atom. The number of anilines is 1. The standard InChI is InChI=1S/C8H8N2S.CH4S.2H2O.H2/c1-5-10-7-3-2-6(9)4-8(7)11-5;1-2;;;/h2-4H,9H2,1H3;2H,1H3;2*1H2;1H. The van der Waals surface area contributed by atoms with E-state index < -0.39 is 0 Å². The van der Waals surface area contributed by atoms with Gasteiger partial charge in [0.2, 0.25) is 0 Å². The van der Waals surface area contributed by atoms with Crippen molar-refractivity contribution in [3.8, 4) is 0 Å². The van der Waals surface area contributed by atoms with Gasteiger partial charge in [-0.1, -0.05) is 0 Å². The molecule has 4 nitrogen and oxygen atoms in total. The van der Waals surface area contributed by atoms with Crippen LogP contribution in [0.15, 0.2) is 18.2 Å². The van der Waals surface area contributed by atoms with Gasteiger partial charge in [0.1, 0.15) is 0 Å². The molecule has 0 amide bonds. The Bertz CT molecular complexity index is 409. The number of nitrogens with zero attached hydrogens (tertiary/aromatic N) is 1. The molecule has 0 unspecified atom stereocenters. The maximum absolute atomic E-state index is 5.61. The number of rotatable bonds is 0. The number of aryl methyl sites for hydroxylation is 1. The Kier molecular flexibility index (Phi) is 8.27. The molecule has 1 heterocycles. The topological polar surface area (TPSA) is 102 Å². The van der Waals surface area contributed by atoms with Gasteiger partial charge in [0.15, 0.2) is 0 Å². The molecule has 1 aromatic heterocycles. The predicted octanol–water partition coefficient (Wildman–Crippen LogP) is 1.33. The minimum atomic E-state index is 0. The van der Waals surface area contributed by atoms with Crippen LogP contribution in [0.3, 0.4) is 0 Å². The summed E-state index contributed by atoms with van der Waals surface area (Å²) in [5.74, 6) is 0. The first-order chi connectivity index (χ1) is 6.25. The predicted molar refractivity (Wildman–Crippen MR) is 73.0 cm³/mol. The molecule has 0 aliphatic carbocycles. The Morgan fingerprint density at radius 2 is 1.93 bits per heavy atom. The van der Waals surface area contributed by atoms with Crippen LogP contribution in [0.5, 0.6) is 0 Å². The van der Waals surface area contributed by atoms with Crippen molar-refractivity contribution in [2.45, 2.75) is 6.92 Å². The molecule has 2 rings (SSSR count). The van der Waals surface area contributed by atoms with E-state index in [-0.39, 0.29) is 12.4 Å². The Morgan fingerprint density at radius 3 is 2.53 bits per heavy atom. The smallest absolute Gasteiger partial charge is 0.0907 e. The highest BCUT2D eigenvalue weighted by molar-refractivity contribution is 7.79. The fraction of sp³-hybridized carbons (Fsp3) is 0.222. The summed E-state index contributed by atoms with van der Waals surface area (Å²) in [6, 6.07) is 5.79. The molecule has 0 aliphatic rings. The molecular formula is C9H18N2O2S2. The summed E-state index contributed by atoms with van der Waals surface area (Å²) < 4.78 is 1.17. The number of aromatic nitrogens is 1. The van der Waals surface area contributed by atoms with E-state index in [0.717, 1.165) is 16.2 Å². The van der Waals surface area contributed by atoms with Gasteiger partial charge in [0, 0.05) is 7.11 Å². The summed E-state index contributed by atoms with van der Waals surface area (Å²) in [4.78, 5) is 4.32. The summed E-state index contributed by atoms with van der Waals surface area (Å²) >= 11 is 5.20. The number of nitrogen functional groups attached to an aromatic ring is 1. The van der Waals surface area contributed by atoms with Gasteiger partial charge in [-0.05, 0) is 31.4 Å². The average Bonchev–Trinajstić information content (AvgIpc) is 2.48. The molecular weight excluding hydrogens is 232 g/mol. The fourth-order valence-electron chi connectivity index (χ4n) is 1.06. The summed E-state index contributed by atoms with van der Waals surface area (Å²) in [6.07, 6.45) is 1.69. The Hall–Kier alpha value is -0.820. The number of hydrogen-bond donors (Lipinski definition) is 2.